The number of aromatic nitrogens is 2. The highest BCUT2D eigenvalue weighted by atomic mass is 16.3. The topological polar surface area (TPSA) is 49.0 Å². The summed E-state index contributed by atoms with van der Waals surface area (Å²) in [6.45, 7) is 0. The predicted octanol–water partition coefficient (Wildman–Crippen LogP) is 11.0. The van der Waals surface area contributed by atoms with Crippen LogP contribution in [0.15, 0.2) is 156 Å². The van der Waals surface area contributed by atoms with Gasteiger partial charge in [0.1, 0.15) is 11.2 Å². The van der Waals surface area contributed by atoms with Crippen LogP contribution < -0.4 is 5.73 Å². The van der Waals surface area contributed by atoms with Crippen LogP contribution in [-0.4, -0.2) is 9.13 Å². The zero-order chi connectivity index (χ0) is 30.4. The van der Waals surface area contributed by atoms with E-state index in [0.29, 0.717) is 0 Å². The predicted molar refractivity (Wildman–Crippen MR) is 192 cm³/mol. The number of fused-ring (bicyclic) bond motifs is 11. The lowest BCUT2D eigenvalue weighted by Gasteiger charge is -2.09. The summed E-state index contributed by atoms with van der Waals surface area (Å²) in [6, 6.07) is 53.5. The number of nitrogen functional groups attached to an aromatic ring is 1. The van der Waals surface area contributed by atoms with Gasteiger partial charge < -0.3 is 19.3 Å². The van der Waals surface area contributed by atoms with Crippen LogP contribution in [0.5, 0.6) is 0 Å². The van der Waals surface area contributed by atoms with Gasteiger partial charge in [-0.3, -0.25) is 0 Å². The van der Waals surface area contributed by atoms with E-state index in [-0.39, 0.29) is 0 Å². The summed E-state index contributed by atoms with van der Waals surface area (Å²) in [5.41, 5.74) is 17.7. The fraction of sp³-hybridized carbons (Fsp3) is 0. The van der Waals surface area contributed by atoms with Gasteiger partial charge in [-0.15, -0.1) is 0 Å². The number of anilines is 1. The molecule has 0 bridgehead atoms. The van der Waals surface area contributed by atoms with Crippen molar-refractivity contribution in [2.45, 2.75) is 0 Å². The molecule has 216 valence electrons. The Morgan fingerprint density at radius 2 is 0.826 bits per heavy atom. The van der Waals surface area contributed by atoms with Crippen molar-refractivity contribution in [2.24, 2.45) is 0 Å². The van der Waals surface area contributed by atoms with Gasteiger partial charge in [0.25, 0.3) is 0 Å². The van der Waals surface area contributed by atoms with Crippen molar-refractivity contribution in [1.82, 2.24) is 9.13 Å². The molecule has 2 N–H and O–H groups in total. The van der Waals surface area contributed by atoms with Gasteiger partial charge in [0.15, 0.2) is 0 Å². The van der Waals surface area contributed by atoms with Gasteiger partial charge in [0, 0.05) is 38.6 Å². The molecular weight excluding hydrogens is 562 g/mol. The smallest absolute Gasteiger partial charge is 0.145 e. The van der Waals surface area contributed by atoms with E-state index >= 15 is 0 Å². The summed E-state index contributed by atoms with van der Waals surface area (Å²) in [5.74, 6) is 0. The highest BCUT2D eigenvalue weighted by molar-refractivity contribution is 6.28. The number of nitrogens with zero attached hydrogens (tertiary/aromatic N) is 2. The first-order chi connectivity index (χ1) is 22.7. The van der Waals surface area contributed by atoms with Crippen molar-refractivity contribution in [3.63, 3.8) is 0 Å². The molecular formula is C42H27N3O. The second kappa shape index (κ2) is 9.37. The molecule has 3 heterocycles. The Labute approximate surface area is 264 Å². The van der Waals surface area contributed by atoms with Crippen LogP contribution in [-0.2, 0) is 0 Å². The summed E-state index contributed by atoms with van der Waals surface area (Å²) < 4.78 is 11.7. The third-order valence-electron chi connectivity index (χ3n) is 9.46. The van der Waals surface area contributed by atoms with Gasteiger partial charge in [-0.1, -0.05) is 78.9 Å². The van der Waals surface area contributed by atoms with E-state index in [1.54, 1.807) is 0 Å². The summed E-state index contributed by atoms with van der Waals surface area (Å²) in [6.07, 6.45) is 0. The highest BCUT2D eigenvalue weighted by Gasteiger charge is 2.22. The molecule has 10 aromatic rings. The molecule has 7 aromatic carbocycles. The first-order valence-electron chi connectivity index (χ1n) is 15.6. The highest BCUT2D eigenvalue weighted by Crippen LogP contribution is 2.44. The number of furan rings is 1. The molecule has 4 nitrogen and oxygen atoms in total. The number of benzene rings is 7. The standard InChI is InChI=1S/C42H27N3O/c43-28-18-14-26(15-19-28)27-16-20-30(21-17-27)45-36-13-7-5-11-34(36)40-38(45)25-23-32-31-22-24-37-39(41(31)46-42(32)40)33-10-4-6-12-35(33)44(37)29-8-2-1-3-9-29/h1-25H,43H2. The van der Waals surface area contributed by atoms with Crippen molar-refractivity contribution in [1.29, 1.82) is 0 Å². The minimum Gasteiger partial charge on any atom is -0.455 e. The fourth-order valence-electron chi connectivity index (χ4n) is 7.41. The molecule has 3 aromatic heterocycles. The average molecular weight is 590 g/mol. The first kappa shape index (κ1) is 25.1. The molecule has 0 unspecified atom stereocenters. The monoisotopic (exact) mass is 589 g/mol. The largest absolute Gasteiger partial charge is 0.455 e. The second-order valence-corrected chi connectivity index (χ2v) is 12.0. The quantitative estimate of drug-likeness (QED) is 0.208. The molecule has 0 atom stereocenters. The van der Waals surface area contributed by atoms with Gasteiger partial charge in [-0.25, -0.2) is 0 Å². The van der Waals surface area contributed by atoms with Gasteiger partial charge in [0.05, 0.1) is 32.8 Å². The number of hydrogen-bond acceptors (Lipinski definition) is 2. The Balaban J connectivity index is 1.25. The normalized spacial score (nSPS) is 12.0. The van der Waals surface area contributed by atoms with Crippen LogP contribution in [0.1, 0.15) is 0 Å². The molecule has 0 aliphatic heterocycles. The Kier molecular flexibility index (Phi) is 5.11. The van der Waals surface area contributed by atoms with Crippen LogP contribution in [0.2, 0.25) is 0 Å². The lowest BCUT2D eigenvalue weighted by Crippen LogP contribution is -1.93. The number of nitrogens with two attached hydrogens (primary N) is 1. The van der Waals surface area contributed by atoms with Gasteiger partial charge in [-0.2, -0.15) is 0 Å². The Bertz CT molecular complexity index is 2780. The van der Waals surface area contributed by atoms with E-state index in [1.165, 1.54) is 16.3 Å². The maximum Gasteiger partial charge on any atom is 0.145 e. The lowest BCUT2D eigenvalue weighted by molar-refractivity contribution is 0.677. The molecule has 0 fully saturated rings. The lowest BCUT2D eigenvalue weighted by atomic mass is 10.0. The molecule has 0 aliphatic rings. The first-order valence-corrected chi connectivity index (χ1v) is 15.6. The van der Waals surface area contributed by atoms with E-state index in [0.717, 1.165) is 77.5 Å². The average Bonchev–Trinajstić information content (AvgIpc) is 3.76. The van der Waals surface area contributed by atoms with Gasteiger partial charge >= 0.3 is 0 Å². The van der Waals surface area contributed by atoms with Crippen molar-refractivity contribution in [2.75, 3.05) is 5.73 Å². The van der Waals surface area contributed by atoms with Gasteiger partial charge in [0.2, 0.25) is 0 Å². The minimum atomic E-state index is 0.769. The Morgan fingerprint density at radius 3 is 1.37 bits per heavy atom. The van der Waals surface area contributed by atoms with E-state index in [1.807, 2.05) is 12.1 Å². The second-order valence-electron chi connectivity index (χ2n) is 12.0. The molecule has 4 heteroatoms. The van der Waals surface area contributed by atoms with Crippen LogP contribution in [0.25, 0.3) is 88.1 Å². The molecule has 0 amide bonds. The zero-order valence-corrected chi connectivity index (χ0v) is 24.8. The molecule has 0 saturated carbocycles. The molecule has 0 aliphatic carbocycles. The van der Waals surface area contributed by atoms with Crippen molar-refractivity contribution in [3.05, 3.63) is 152 Å². The SMILES string of the molecule is Nc1ccc(-c2ccc(-n3c4ccccc4c4c5oc6c(ccc7c6c6ccccc6n7-c6ccccc6)c5ccc43)cc2)cc1. The van der Waals surface area contributed by atoms with Gasteiger partial charge in [-0.05, 0) is 83.9 Å². The van der Waals surface area contributed by atoms with Crippen LogP contribution in [0, 0.1) is 0 Å². The molecule has 0 radical (unpaired) electrons. The summed E-state index contributed by atoms with van der Waals surface area (Å²) in [7, 11) is 0. The molecule has 0 spiro atoms. The summed E-state index contributed by atoms with van der Waals surface area (Å²) >= 11 is 0. The van der Waals surface area contributed by atoms with Crippen LogP contribution >= 0.6 is 0 Å². The zero-order valence-electron chi connectivity index (χ0n) is 24.8. The van der Waals surface area contributed by atoms with Crippen molar-refractivity contribution in [3.8, 4) is 22.5 Å². The molecule has 46 heavy (non-hydrogen) atoms. The molecule has 10 rings (SSSR count). The van der Waals surface area contributed by atoms with Crippen molar-refractivity contribution >= 4 is 71.2 Å². The van der Waals surface area contributed by atoms with Crippen molar-refractivity contribution < 1.29 is 4.42 Å². The summed E-state index contributed by atoms with van der Waals surface area (Å²) in [5, 5.41) is 6.89. The van der Waals surface area contributed by atoms with E-state index < -0.39 is 0 Å². The third kappa shape index (κ3) is 3.44. The number of para-hydroxylation sites is 3. The third-order valence-corrected chi connectivity index (χ3v) is 9.46. The van der Waals surface area contributed by atoms with E-state index in [9.17, 15) is 0 Å². The number of rotatable bonds is 3. The molecule has 0 saturated heterocycles. The Morgan fingerprint density at radius 1 is 0.370 bits per heavy atom. The maximum atomic E-state index is 7.04. The fourth-order valence-corrected chi connectivity index (χ4v) is 7.41. The van der Waals surface area contributed by atoms with E-state index in [2.05, 4.69) is 149 Å². The summed E-state index contributed by atoms with van der Waals surface area (Å²) in [4.78, 5) is 0. The maximum absolute atomic E-state index is 7.04. The van der Waals surface area contributed by atoms with Crippen LogP contribution in [0.4, 0.5) is 5.69 Å². The minimum absolute atomic E-state index is 0.769. The van der Waals surface area contributed by atoms with E-state index in [4.69, 9.17) is 10.2 Å². The van der Waals surface area contributed by atoms with Crippen LogP contribution in [0.3, 0.4) is 0 Å². The Hall–Kier alpha value is -6.26. The number of hydrogen-bond donors (Lipinski definition) is 1.